The van der Waals surface area contributed by atoms with Gasteiger partial charge in [0, 0.05) is 22.3 Å². The van der Waals surface area contributed by atoms with Crippen LogP contribution in [-0.4, -0.2) is 27.8 Å². The molecule has 298 valence electrons. The van der Waals surface area contributed by atoms with Crippen LogP contribution in [0.25, 0.3) is 0 Å². The number of carbonyl (C=O) groups excluding carboxylic acids is 4. The number of rotatable bonds is 21. The third kappa shape index (κ3) is 7.86. The number of hydrogen-bond acceptors (Lipinski definition) is 5. The van der Waals surface area contributed by atoms with Crippen LogP contribution in [-0.2, 0) is 55.9 Å². The highest BCUT2D eigenvalue weighted by molar-refractivity contribution is 7.98. The molecule has 0 atom stereocenters. The second kappa shape index (κ2) is 19.8. The van der Waals surface area contributed by atoms with Gasteiger partial charge in [-0.2, -0.15) is 0 Å². The minimum atomic E-state index is -5.33. The van der Waals surface area contributed by atoms with E-state index in [1.54, 1.807) is 0 Å². The zero-order valence-corrected chi connectivity index (χ0v) is 36.3. The fraction of sp³-hybridized carbons (Fsp3) is 0.440. The molecule has 4 aromatic rings. The van der Waals surface area contributed by atoms with Gasteiger partial charge in [0.1, 0.15) is 0 Å². The molecular formula is C50H63O5P. The summed E-state index contributed by atoms with van der Waals surface area (Å²) in [6.45, 7) is 17.6. The first kappa shape index (κ1) is 44.5. The van der Waals surface area contributed by atoms with Crippen LogP contribution in [0.5, 0.6) is 0 Å². The van der Waals surface area contributed by atoms with Crippen LogP contribution in [0.1, 0.15) is 174 Å². The number of carbonyl (C=O) groups is 4. The summed E-state index contributed by atoms with van der Waals surface area (Å²) in [5.41, 5.74) is 4.73. The van der Waals surface area contributed by atoms with E-state index in [9.17, 15) is 0 Å². The number of Topliss-reactive ketones (excluding diaryl/α,β-unsaturated/α-hetero) is 2. The lowest BCUT2D eigenvalue weighted by Crippen LogP contribution is -2.51. The monoisotopic (exact) mass is 774 g/mol. The van der Waals surface area contributed by atoms with Crippen molar-refractivity contribution < 1.29 is 23.7 Å². The lowest BCUT2D eigenvalue weighted by molar-refractivity contribution is 0.0800. The summed E-state index contributed by atoms with van der Waals surface area (Å²) in [4.78, 5) is 65.4. The Balaban J connectivity index is 2.43. The summed E-state index contributed by atoms with van der Waals surface area (Å²) >= 11 is 0. The normalized spacial score (nSPS) is 11.8. The maximum atomic E-state index is 17.6. The first-order valence-corrected chi connectivity index (χ1v) is 22.9. The Bertz CT molecular complexity index is 1890. The van der Waals surface area contributed by atoms with Crippen molar-refractivity contribution in [2.45, 2.75) is 145 Å². The van der Waals surface area contributed by atoms with Gasteiger partial charge in [0.2, 0.25) is 18.2 Å². The molecule has 0 aliphatic rings. The summed E-state index contributed by atoms with van der Waals surface area (Å²) in [6, 6.07) is 22.4. The number of hydrogen-bond donors (Lipinski definition) is 0. The van der Waals surface area contributed by atoms with E-state index in [1.165, 1.54) is 0 Å². The van der Waals surface area contributed by atoms with Gasteiger partial charge in [-0.05, 0) is 102 Å². The molecule has 0 aliphatic heterocycles. The van der Waals surface area contributed by atoms with Gasteiger partial charge in [0.15, 0.2) is 16.7 Å². The van der Waals surface area contributed by atoms with Crippen LogP contribution in [0.2, 0.25) is 0 Å². The van der Waals surface area contributed by atoms with E-state index < -0.39 is 34.9 Å². The van der Waals surface area contributed by atoms with Gasteiger partial charge in [-0.15, -0.1) is 0 Å². The first-order chi connectivity index (χ1) is 27.0. The number of aryl methyl sites for hydroxylation is 8. The highest BCUT2D eigenvalue weighted by Crippen LogP contribution is 2.67. The lowest BCUT2D eigenvalue weighted by Gasteiger charge is -2.39. The number of ketones is 2. The molecule has 4 aromatic carbocycles. The minimum absolute atomic E-state index is 0.193. The second-order valence-electron chi connectivity index (χ2n) is 14.8. The van der Waals surface area contributed by atoms with Gasteiger partial charge < -0.3 is 4.57 Å². The van der Waals surface area contributed by atoms with Crippen molar-refractivity contribution in [1.82, 2.24) is 0 Å². The van der Waals surface area contributed by atoms with Crippen molar-refractivity contribution in [3.05, 3.63) is 140 Å². The van der Waals surface area contributed by atoms with E-state index in [4.69, 9.17) is 0 Å². The van der Waals surface area contributed by atoms with Crippen LogP contribution in [0.3, 0.4) is 0 Å². The van der Waals surface area contributed by atoms with Gasteiger partial charge >= 0.3 is 0 Å². The molecule has 4 rings (SSSR count). The quantitative estimate of drug-likeness (QED) is 0.0364. The second-order valence-corrected chi connectivity index (χ2v) is 17.6. The smallest absolute Gasteiger partial charge is 0.242 e. The van der Waals surface area contributed by atoms with Crippen molar-refractivity contribution in [3.63, 3.8) is 0 Å². The van der Waals surface area contributed by atoms with Crippen molar-refractivity contribution in [2.24, 2.45) is 0 Å². The standard InChI is InChI=1S/C50H63O5P/c1-10-19-20-33-50(46(51)42-34(11-2)25-21-26-35(42)12-3,47(52)43-36(13-4)27-22-28-37(43)14-5)56(55,48(53)44-38(15-6)29-23-30-39(44)16-7)49(54)45-40(17-8)31-24-32-41(45)18-9/h21-32H,10-20,33H2,1-9H3. The first-order valence-electron chi connectivity index (χ1n) is 21.2. The predicted molar refractivity (Wildman–Crippen MR) is 233 cm³/mol. The summed E-state index contributed by atoms with van der Waals surface area (Å²) in [5, 5.41) is -2.52. The van der Waals surface area contributed by atoms with Crippen LogP contribution < -0.4 is 0 Å². The van der Waals surface area contributed by atoms with Crippen molar-refractivity contribution >= 4 is 29.8 Å². The van der Waals surface area contributed by atoms with E-state index in [2.05, 4.69) is 0 Å². The number of unbranched alkanes of at least 4 members (excludes halogenated alkanes) is 2. The van der Waals surface area contributed by atoms with Crippen molar-refractivity contribution in [2.75, 3.05) is 0 Å². The predicted octanol–water partition coefficient (Wildman–Crippen LogP) is 12.6. The van der Waals surface area contributed by atoms with Gasteiger partial charge in [-0.3, -0.25) is 19.2 Å². The molecule has 0 saturated carbocycles. The zero-order chi connectivity index (χ0) is 41.2. The minimum Gasteiger partial charge on any atom is -0.305 e. The van der Waals surface area contributed by atoms with Crippen LogP contribution in [0, 0.1) is 0 Å². The Labute approximate surface area is 336 Å². The fourth-order valence-electron chi connectivity index (χ4n) is 8.67. The lowest BCUT2D eigenvalue weighted by atomic mass is 9.79. The molecule has 0 amide bonds. The Morgan fingerprint density at radius 2 is 0.661 bits per heavy atom. The van der Waals surface area contributed by atoms with E-state index >= 15 is 23.7 Å². The molecule has 0 radical (unpaired) electrons. The highest BCUT2D eigenvalue weighted by atomic mass is 31.2. The molecule has 0 spiro atoms. The third-order valence-corrected chi connectivity index (χ3v) is 15.2. The van der Waals surface area contributed by atoms with Crippen molar-refractivity contribution in [1.29, 1.82) is 0 Å². The molecule has 0 bridgehead atoms. The van der Waals surface area contributed by atoms with Gasteiger partial charge in [-0.1, -0.05) is 154 Å². The molecule has 5 nitrogen and oxygen atoms in total. The third-order valence-electron chi connectivity index (χ3n) is 11.9. The fourth-order valence-corrected chi connectivity index (χ4v) is 12.0. The average Bonchev–Trinajstić information content (AvgIpc) is 3.25. The molecule has 0 N–H and O–H groups in total. The SMILES string of the molecule is CCCCCC(C(=O)c1c(CC)cccc1CC)(C(=O)c1c(CC)cccc1CC)P(=O)(C(=O)c1c(CC)cccc1CC)C(=O)c1c(CC)cccc1CC. The molecule has 56 heavy (non-hydrogen) atoms. The Morgan fingerprint density at radius 1 is 0.411 bits per heavy atom. The Kier molecular flexibility index (Phi) is 15.7. The van der Waals surface area contributed by atoms with Gasteiger partial charge in [0.25, 0.3) is 0 Å². The molecule has 6 heteroatoms. The van der Waals surface area contributed by atoms with Crippen LogP contribution >= 0.6 is 7.14 Å². The molecule has 0 heterocycles. The summed E-state index contributed by atoms with van der Waals surface area (Å²) in [6.07, 6.45) is 5.17. The highest BCUT2D eigenvalue weighted by Gasteiger charge is 2.67. The van der Waals surface area contributed by atoms with E-state index in [0.717, 1.165) is 6.42 Å². The molecule has 0 aliphatic carbocycles. The molecule has 0 aromatic heterocycles. The largest absolute Gasteiger partial charge is 0.305 e. The molecular weight excluding hydrogens is 712 g/mol. The van der Waals surface area contributed by atoms with Gasteiger partial charge in [-0.25, -0.2) is 0 Å². The van der Waals surface area contributed by atoms with Gasteiger partial charge in [0.05, 0.1) is 0 Å². The van der Waals surface area contributed by atoms with Crippen LogP contribution in [0.15, 0.2) is 72.8 Å². The molecule has 0 saturated heterocycles. The maximum absolute atomic E-state index is 17.6. The summed E-state index contributed by atoms with van der Waals surface area (Å²) < 4.78 is 17.6. The Morgan fingerprint density at radius 3 is 0.893 bits per heavy atom. The Hall–Kier alpha value is -4.21. The van der Waals surface area contributed by atoms with E-state index in [-0.39, 0.29) is 17.5 Å². The van der Waals surface area contributed by atoms with E-state index in [1.807, 2.05) is 135 Å². The topological polar surface area (TPSA) is 85.3 Å². The van der Waals surface area contributed by atoms with E-state index in [0.29, 0.717) is 120 Å². The summed E-state index contributed by atoms with van der Waals surface area (Å²) in [7, 11) is -5.33. The average molecular weight is 775 g/mol. The zero-order valence-electron chi connectivity index (χ0n) is 35.4. The molecule has 0 fully saturated rings. The molecule has 0 unspecified atom stereocenters. The maximum Gasteiger partial charge on any atom is 0.242 e. The summed E-state index contributed by atoms with van der Waals surface area (Å²) in [5.74, 6) is -1.32. The van der Waals surface area contributed by atoms with Crippen molar-refractivity contribution in [3.8, 4) is 0 Å². The number of benzene rings is 4. The van der Waals surface area contributed by atoms with Crippen LogP contribution in [0.4, 0.5) is 0 Å².